The van der Waals surface area contributed by atoms with Crippen molar-refractivity contribution >= 4 is 60.7 Å². The molecule has 1 amide bonds. The summed E-state index contributed by atoms with van der Waals surface area (Å²) in [7, 11) is -3.02. The van der Waals surface area contributed by atoms with Crippen molar-refractivity contribution in [3.63, 3.8) is 0 Å². The molecule has 1 atom stereocenters. The number of amides is 1. The van der Waals surface area contributed by atoms with Crippen molar-refractivity contribution < 1.29 is 13.2 Å². The molecule has 2 aromatic rings. The molecule has 2 heterocycles. The van der Waals surface area contributed by atoms with Crippen molar-refractivity contribution in [2.45, 2.75) is 30.6 Å². The van der Waals surface area contributed by atoms with Crippen LogP contribution in [0.1, 0.15) is 20.3 Å². The monoisotopic (exact) mass is 432 g/mol. The van der Waals surface area contributed by atoms with Crippen LogP contribution in [-0.2, 0) is 14.6 Å². The third-order valence-corrected chi connectivity index (χ3v) is 8.33. The molecule has 5 nitrogen and oxygen atoms in total. The molecule has 0 unspecified atom stereocenters. The lowest BCUT2D eigenvalue weighted by molar-refractivity contribution is -0.130. The molecule has 0 spiro atoms. The molecule has 3 rings (SSSR count). The number of thioether (sulfide) groups is 1. The number of hydrogen-bond acceptors (Lipinski definition) is 6. The van der Waals surface area contributed by atoms with E-state index >= 15 is 0 Å². The molecular weight excluding hydrogens is 412 g/mol. The summed E-state index contributed by atoms with van der Waals surface area (Å²) in [5.74, 6) is 0.776. The lowest BCUT2D eigenvalue weighted by Gasteiger charge is -2.29. The van der Waals surface area contributed by atoms with Crippen molar-refractivity contribution in [3.8, 4) is 0 Å². The fourth-order valence-electron chi connectivity index (χ4n) is 3.02. The Hall–Kier alpha value is -0.830. The van der Waals surface area contributed by atoms with Crippen molar-refractivity contribution in [2.24, 2.45) is 5.92 Å². The molecule has 142 valence electrons. The van der Waals surface area contributed by atoms with E-state index in [1.165, 1.54) is 23.1 Å². The van der Waals surface area contributed by atoms with Crippen LogP contribution in [0.2, 0.25) is 5.02 Å². The molecule has 0 saturated carbocycles. The molecule has 1 saturated heterocycles. The van der Waals surface area contributed by atoms with E-state index in [1.807, 2.05) is 32.0 Å². The van der Waals surface area contributed by atoms with Crippen molar-refractivity contribution in [3.05, 3.63) is 23.2 Å². The molecule has 0 N–H and O–H groups in total. The smallest absolute Gasteiger partial charge is 0.233 e. The average molecular weight is 433 g/mol. The Kier molecular flexibility index (Phi) is 6.16. The van der Waals surface area contributed by atoms with Crippen molar-refractivity contribution in [1.82, 2.24) is 9.88 Å². The summed E-state index contributed by atoms with van der Waals surface area (Å²) in [6.45, 7) is 4.65. The molecular formula is C17H21ClN2O3S3. The standard InChI is InChI=1S/C17H21ClN2O3S3/c1-11(2)8-20(13-5-6-26(22,23)10-13)16(21)9-24-17-19-14-7-12(18)3-4-15(14)25-17/h3-4,7,11,13H,5-6,8-10H2,1-2H3/t13-/m1/s1. The van der Waals surface area contributed by atoms with E-state index in [2.05, 4.69) is 4.98 Å². The zero-order chi connectivity index (χ0) is 18.9. The maximum Gasteiger partial charge on any atom is 0.233 e. The number of hydrogen-bond donors (Lipinski definition) is 0. The number of aromatic nitrogens is 1. The lowest BCUT2D eigenvalue weighted by Crippen LogP contribution is -2.44. The van der Waals surface area contributed by atoms with E-state index in [0.717, 1.165) is 14.6 Å². The second-order valence-corrected chi connectivity index (χ2v) is 11.8. The Bertz CT molecular complexity index is 911. The van der Waals surface area contributed by atoms with Gasteiger partial charge in [-0.3, -0.25) is 4.79 Å². The van der Waals surface area contributed by atoms with Crippen LogP contribution in [0, 0.1) is 5.92 Å². The van der Waals surface area contributed by atoms with Crippen LogP contribution < -0.4 is 0 Å². The highest BCUT2D eigenvalue weighted by Crippen LogP contribution is 2.31. The molecule has 26 heavy (non-hydrogen) atoms. The summed E-state index contributed by atoms with van der Waals surface area (Å²) in [6, 6.07) is 5.36. The Balaban J connectivity index is 1.68. The van der Waals surface area contributed by atoms with Crippen molar-refractivity contribution in [2.75, 3.05) is 23.8 Å². The quantitative estimate of drug-likeness (QED) is 0.651. The van der Waals surface area contributed by atoms with Gasteiger partial charge in [-0.25, -0.2) is 13.4 Å². The van der Waals surface area contributed by atoms with Crippen LogP contribution in [0.3, 0.4) is 0 Å². The summed E-state index contributed by atoms with van der Waals surface area (Å²) >= 11 is 8.92. The molecule has 1 aromatic heterocycles. The first-order valence-electron chi connectivity index (χ1n) is 8.42. The van der Waals surface area contributed by atoms with Crippen LogP contribution in [0.15, 0.2) is 22.5 Å². The number of thiazole rings is 1. The molecule has 1 aliphatic heterocycles. The van der Waals surface area contributed by atoms with Gasteiger partial charge in [-0.05, 0) is 30.5 Å². The summed E-state index contributed by atoms with van der Waals surface area (Å²) in [5.41, 5.74) is 0.832. The lowest BCUT2D eigenvalue weighted by atomic mass is 10.1. The predicted molar refractivity (Wildman–Crippen MR) is 109 cm³/mol. The zero-order valence-corrected chi connectivity index (χ0v) is 17.8. The second kappa shape index (κ2) is 8.04. The minimum absolute atomic E-state index is 0.0249. The van der Waals surface area contributed by atoms with Gasteiger partial charge in [0, 0.05) is 17.6 Å². The number of carbonyl (C=O) groups excluding carboxylic acids is 1. The predicted octanol–water partition coefficient (Wildman–Crippen LogP) is 3.71. The molecule has 0 radical (unpaired) electrons. The first kappa shape index (κ1) is 19.9. The normalized spacial score (nSPS) is 19.3. The Morgan fingerprint density at radius 3 is 2.88 bits per heavy atom. The number of benzene rings is 1. The first-order chi connectivity index (χ1) is 12.2. The van der Waals surface area contributed by atoms with Gasteiger partial charge in [-0.2, -0.15) is 0 Å². The average Bonchev–Trinajstić information content (AvgIpc) is 3.12. The maximum absolute atomic E-state index is 12.8. The van der Waals surface area contributed by atoms with E-state index in [1.54, 1.807) is 4.90 Å². The van der Waals surface area contributed by atoms with Crippen LogP contribution in [0.25, 0.3) is 10.2 Å². The summed E-state index contributed by atoms with van der Waals surface area (Å²) < 4.78 is 25.4. The van der Waals surface area contributed by atoms with Gasteiger partial charge in [0.05, 0.1) is 27.5 Å². The number of halogens is 1. The maximum atomic E-state index is 12.8. The van der Waals surface area contributed by atoms with Gasteiger partial charge < -0.3 is 4.90 Å². The van der Waals surface area contributed by atoms with E-state index < -0.39 is 9.84 Å². The number of carbonyl (C=O) groups is 1. The number of fused-ring (bicyclic) bond motifs is 1. The molecule has 1 fully saturated rings. The summed E-state index contributed by atoms with van der Waals surface area (Å²) in [6.07, 6.45) is 0.533. The van der Waals surface area contributed by atoms with Gasteiger partial charge in [0.2, 0.25) is 5.91 Å². The van der Waals surface area contributed by atoms with Gasteiger partial charge in [0.25, 0.3) is 0 Å². The second-order valence-electron chi connectivity index (χ2n) is 6.88. The molecule has 0 aliphatic carbocycles. The Labute approximate surface area is 167 Å². The number of rotatable bonds is 6. The highest BCUT2D eigenvalue weighted by atomic mass is 35.5. The summed E-state index contributed by atoms with van der Waals surface area (Å²) in [4.78, 5) is 19.1. The molecule has 1 aliphatic rings. The van der Waals surface area contributed by atoms with Crippen molar-refractivity contribution in [1.29, 1.82) is 0 Å². The fraction of sp³-hybridized carbons (Fsp3) is 0.529. The van der Waals surface area contributed by atoms with Crippen LogP contribution in [0.5, 0.6) is 0 Å². The van der Waals surface area contributed by atoms with E-state index in [9.17, 15) is 13.2 Å². The minimum Gasteiger partial charge on any atom is -0.338 e. The Morgan fingerprint density at radius 1 is 1.46 bits per heavy atom. The third-order valence-electron chi connectivity index (χ3n) is 4.18. The van der Waals surface area contributed by atoms with Crippen LogP contribution in [-0.4, -0.2) is 54.1 Å². The van der Waals surface area contributed by atoms with E-state index in [0.29, 0.717) is 18.0 Å². The number of sulfone groups is 1. The molecule has 9 heteroatoms. The topological polar surface area (TPSA) is 67.3 Å². The SMILES string of the molecule is CC(C)CN(C(=O)CSc1nc2cc(Cl)ccc2s1)[C@@H]1CCS(=O)(=O)C1. The van der Waals surface area contributed by atoms with Gasteiger partial charge >= 0.3 is 0 Å². The zero-order valence-electron chi connectivity index (χ0n) is 14.6. The fourth-order valence-corrected chi connectivity index (χ4v) is 6.85. The highest BCUT2D eigenvalue weighted by Gasteiger charge is 2.34. The third kappa shape index (κ3) is 4.91. The minimum atomic E-state index is -3.02. The molecule has 0 bridgehead atoms. The number of nitrogens with zero attached hydrogens (tertiary/aromatic N) is 2. The van der Waals surface area contributed by atoms with E-state index in [4.69, 9.17) is 11.6 Å². The highest BCUT2D eigenvalue weighted by molar-refractivity contribution is 8.01. The largest absolute Gasteiger partial charge is 0.338 e. The van der Waals surface area contributed by atoms with Crippen LogP contribution in [0.4, 0.5) is 0 Å². The van der Waals surface area contributed by atoms with E-state index in [-0.39, 0.29) is 35.1 Å². The van der Waals surface area contributed by atoms with Gasteiger partial charge in [0.15, 0.2) is 14.2 Å². The van der Waals surface area contributed by atoms with Gasteiger partial charge in [-0.1, -0.05) is 37.2 Å². The molecule has 1 aromatic carbocycles. The Morgan fingerprint density at radius 2 is 2.23 bits per heavy atom. The van der Waals surface area contributed by atoms with Crippen LogP contribution >= 0.6 is 34.7 Å². The first-order valence-corrected chi connectivity index (χ1v) is 12.4. The van der Waals surface area contributed by atoms with Gasteiger partial charge in [0.1, 0.15) is 0 Å². The summed E-state index contributed by atoms with van der Waals surface area (Å²) in [5, 5.41) is 0.640. The van der Waals surface area contributed by atoms with Gasteiger partial charge in [-0.15, -0.1) is 11.3 Å².